The number of imidazole rings is 1. The first-order chi connectivity index (χ1) is 9.70. The summed E-state index contributed by atoms with van der Waals surface area (Å²) in [6, 6.07) is 13.0. The average Bonchev–Trinajstić information content (AvgIpc) is 2.78. The van der Waals surface area contributed by atoms with Crippen LogP contribution >= 0.6 is 0 Å². The first-order valence-electron chi connectivity index (χ1n) is 6.57. The number of benzene rings is 2. The molecule has 4 heteroatoms. The highest BCUT2D eigenvalue weighted by atomic mass is 19.1. The molecule has 3 nitrogen and oxygen atoms in total. The third-order valence-corrected chi connectivity index (χ3v) is 3.64. The third-order valence-electron chi connectivity index (χ3n) is 3.64. The van der Waals surface area contributed by atoms with E-state index in [1.165, 1.54) is 6.07 Å². The van der Waals surface area contributed by atoms with E-state index in [0.29, 0.717) is 18.5 Å². The Kier molecular flexibility index (Phi) is 3.24. The molecule has 0 spiro atoms. The Balaban J connectivity index is 2.07. The zero-order valence-corrected chi connectivity index (χ0v) is 11.3. The minimum Gasteiger partial charge on any atom is -0.331 e. The van der Waals surface area contributed by atoms with Crippen LogP contribution in [0.1, 0.15) is 17.0 Å². The molecule has 0 aliphatic rings. The van der Waals surface area contributed by atoms with E-state index >= 15 is 0 Å². The number of hydrogen-bond donors (Lipinski definition) is 1. The summed E-state index contributed by atoms with van der Waals surface area (Å²) in [5, 5.41) is 0. The number of halogens is 1. The van der Waals surface area contributed by atoms with Crippen LogP contribution in [0.15, 0.2) is 42.5 Å². The van der Waals surface area contributed by atoms with E-state index in [2.05, 4.69) is 4.98 Å². The molecule has 0 aliphatic carbocycles. The highest BCUT2D eigenvalue weighted by molar-refractivity contribution is 5.76. The van der Waals surface area contributed by atoms with Crippen molar-refractivity contribution in [2.75, 3.05) is 0 Å². The van der Waals surface area contributed by atoms with Gasteiger partial charge in [0.25, 0.3) is 0 Å². The SMILES string of the molecule is Cn1c(Cc2ccccc2CN)nc2c(F)cccc21. The molecule has 0 unspecified atom stereocenters. The summed E-state index contributed by atoms with van der Waals surface area (Å²) in [6.45, 7) is 0.495. The Labute approximate surface area is 116 Å². The van der Waals surface area contributed by atoms with Gasteiger partial charge in [-0.05, 0) is 23.3 Å². The smallest absolute Gasteiger partial charge is 0.151 e. The van der Waals surface area contributed by atoms with Crippen molar-refractivity contribution < 1.29 is 4.39 Å². The van der Waals surface area contributed by atoms with Crippen molar-refractivity contribution in [3.8, 4) is 0 Å². The van der Waals surface area contributed by atoms with Crippen molar-refractivity contribution in [3.05, 3.63) is 65.2 Å². The maximum absolute atomic E-state index is 13.8. The molecule has 3 aromatic rings. The van der Waals surface area contributed by atoms with E-state index in [-0.39, 0.29) is 5.82 Å². The lowest BCUT2D eigenvalue weighted by molar-refractivity contribution is 0.637. The molecule has 2 aromatic carbocycles. The quantitative estimate of drug-likeness (QED) is 0.794. The van der Waals surface area contributed by atoms with Gasteiger partial charge in [0, 0.05) is 20.0 Å². The van der Waals surface area contributed by atoms with Crippen molar-refractivity contribution in [2.24, 2.45) is 12.8 Å². The van der Waals surface area contributed by atoms with Crippen LogP contribution in [0.3, 0.4) is 0 Å². The number of nitrogens with zero attached hydrogens (tertiary/aromatic N) is 2. The third kappa shape index (κ3) is 2.08. The Morgan fingerprint density at radius 3 is 2.55 bits per heavy atom. The van der Waals surface area contributed by atoms with Gasteiger partial charge in [-0.1, -0.05) is 30.3 Å². The highest BCUT2D eigenvalue weighted by Gasteiger charge is 2.12. The fourth-order valence-electron chi connectivity index (χ4n) is 2.49. The largest absolute Gasteiger partial charge is 0.331 e. The summed E-state index contributed by atoms with van der Waals surface area (Å²) >= 11 is 0. The van der Waals surface area contributed by atoms with Gasteiger partial charge < -0.3 is 10.3 Å². The van der Waals surface area contributed by atoms with Crippen LogP contribution in [0.4, 0.5) is 4.39 Å². The van der Waals surface area contributed by atoms with Crippen LogP contribution in [-0.2, 0) is 20.0 Å². The van der Waals surface area contributed by atoms with Crippen molar-refractivity contribution >= 4 is 11.0 Å². The average molecular weight is 269 g/mol. The summed E-state index contributed by atoms with van der Waals surface area (Å²) in [5.41, 5.74) is 9.22. The fourth-order valence-corrected chi connectivity index (χ4v) is 2.49. The highest BCUT2D eigenvalue weighted by Crippen LogP contribution is 2.20. The molecule has 3 rings (SSSR count). The van der Waals surface area contributed by atoms with Crippen LogP contribution < -0.4 is 5.73 Å². The zero-order valence-electron chi connectivity index (χ0n) is 11.3. The molecule has 102 valence electrons. The second-order valence-corrected chi connectivity index (χ2v) is 4.84. The van der Waals surface area contributed by atoms with Crippen molar-refractivity contribution in [3.63, 3.8) is 0 Å². The molecule has 0 amide bonds. The summed E-state index contributed by atoms with van der Waals surface area (Å²) < 4.78 is 15.7. The Hall–Kier alpha value is -2.20. The molecule has 0 saturated carbocycles. The Bertz CT molecular complexity index is 762. The van der Waals surface area contributed by atoms with E-state index in [1.807, 2.05) is 41.9 Å². The molecule has 2 N–H and O–H groups in total. The number of hydrogen-bond acceptors (Lipinski definition) is 2. The molecule has 0 atom stereocenters. The van der Waals surface area contributed by atoms with Crippen molar-refractivity contribution in [1.29, 1.82) is 0 Å². The van der Waals surface area contributed by atoms with Crippen LogP contribution in [0.25, 0.3) is 11.0 Å². The minimum absolute atomic E-state index is 0.281. The Morgan fingerprint density at radius 2 is 1.85 bits per heavy atom. The lowest BCUT2D eigenvalue weighted by atomic mass is 10.0. The number of aromatic nitrogens is 2. The summed E-state index contributed by atoms with van der Waals surface area (Å²) in [5.74, 6) is 0.558. The molecule has 0 bridgehead atoms. The number of para-hydroxylation sites is 1. The number of fused-ring (bicyclic) bond motifs is 1. The van der Waals surface area contributed by atoms with Crippen LogP contribution in [0, 0.1) is 5.82 Å². The predicted molar refractivity (Wildman–Crippen MR) is 77.8 cm³/mol. The normalized spacial score (nSPS) is 11.2. The van der Waals surface area contributed by atoms with Gasteiger partial charge in [-0.25, -0.2) is 9.37 Å². The van der Waals surface area contributed by atoms with Gasteiger partial charge in [-0.15, -0.1) is 0 Å². The molecule has 0 aliphatic heterocycles. The van der Waals surface area contributed by atoms with Crippen molar-refractivity contribution in [2.45, 2.75) is 13.0 Å². The maximum Gasteiger partial charge on any atom is 0.151 e. The molecule has 0 radical (unpaired) electrons. The van der Waals surface area contributed by atoms with Gasteiger partial charge in [-0.3, -0.25) is 0 Å². The van der Waals surface area contributed by atoms with E-state index < -0.39 is 0 Å². The van der Waals surface area contributed by atoms with Crippen LogP contribution in [-0.4, -0.2) is 9.55 Å². The summed E-state index contributed by atoms with van der Waals surface area (Å²) in [4.78, 5) is 4.43. The number of rotatable bonds is 3. The lowest BCUT2D eigenvalue weighted by Gasteiger charge is -2.07. The van der Waals surface area contributed by atoms with E-state index in [9.17, 15) is 4.39 Å². The lowest BCUT2D eigenvalue weighted by Crippen LogP contribution is -2.05. The molecule has 0 saturated heterocycles. The summed E-state index contributed by atoms with van der Waals surface area (Å²) in [6.07, 6.45) is 0.651. The van der Waals surface area contributed by atoms with Gasteiger partial charge in [0.05, 0.1) is 5.52 Å². The maximum atomic E-state index is 13.8. The first kappa shape index (κ1) is 12.8. The van der Waals surface area contributed by atoms with Gasteiger partial charge >= 0.3 is 0 Å². The molecule has 20 heavy (non-hydrogen) atoms. The van der Waals surface area contributed by atoms with Crippen molar-refractivity contribution in [1.82, 2.24) is 9.55 Å². The topological polar surface area (TPSA) is 43.8 Å². The molecule has 1 aromatic heterocycles. The number of aryl methyl sites for hydroxylation is 1. The summed E-state index contributed by atoms with van der Waals surface area (Å²) in [7, 11) is 1.91. The molecule has 1 heterocycles. The molecular formula is C16H16FN3. The fraction of sp³-hybridized carbons (Fsp3) is 0.188. The second-order valence-electron chi connectivity index (χ2n) is 4.84. The first-order valence-corrected chi connectivity index (χ1v) is 6.57. The van der Waals surface area contributed by atoms with Gasteiger partial charge in [-0.2, -0.15) is 0 Å². The minimum atomic E-state index is -0.281. The standard InChI is InChI=1S/C16H16FN3/c1-20-14-8-4-7-13(17)16(14)19-15(20)9-11-5-2-3-6-12(11)10-18/h2-8H,9-10,18H2,1H3. The Morgan fingerprint density at radius 1 is 1.10 bits per heavy atom. The van der Waals surface area contributed by atoms with E-state index in [4.69, 9.17) is 5.73 Å². The zero-order chi connectivity index (χ0) is 14.1. The molecule has 0 fully saturated rings. The monoisotopic (exact) mass is 269 g/mol. The van der Waals surface area contributed by atoms with Gasteiger partial charge in [0.2, 0.25) is 0 Å². The van der Waals surface area contributed by atoms with Gasteiger partial charge in [0.1, 0.15) is 11.3 Å². The van der Waals surface area contributed by atoms with E-state index in [0.717, 1.165) is 22.5 Å². The molecular weight excluding hydrogens is 253 g/mol. The van der Waals surface area contributed by atoms with E-state index in [1.54, 1.807) is 6.07 Å². The van der Waals surface area contributed by atoms with Crippen LogP contribution in [0.5, 0.6) is 0 Å². The van der Waals surface area contributed by atoms with Crippen LogP contribution in [0.2, 0.25) is 0 Å². The number of nitrogens with two attached hydrogens (primary N) is 1. The predicted octanol–water partition coefficient (Wildman–Crippen LogP) is 2.76. The second kappa shape index (κ2) is 5.06. The van der Waals surface area contributed by atoms with Gasteiger partial charge in [0.15, 0.2) is 5.82 Å².